The summed E-state index contributed by atoms with van der Waals surface area (Å²) in [6.45, 7) is 14.7. The first-order valence-electron chi connectivity index (χ1n) is 16.8. The summed E-state index contributed by atoms with van der Waals surface area (Å²) in [4.78, 5) is 15.9. The van der Waals surface area contributed by atoms with Crippen molar-refractivity contribution in [1.29, 1.82) is 10.5 Å². The molecule has 6 nitrogen and oxygen atoms in total. The summed E-state index contributed by atoms with van der Waals surface area (Å²) >= 11 is 7.00. The number of hydrogen-bond donors (Lipinski definition) is 0. The molecule has 8 rings (SSSR count). The second kappa shape index (κ2) is 12.7. The molecule has 4 aliphatic carbocycles. The maximum atomic E-state index is 9.39. The van der Waals surface area contributed by atoms with Gasteiger partial charge in [-0.05, 0) is 84.4 Å². The quantitative estimate of drug-likeness (QED) is 0.146. The van der Waals surface area contributed by atoms with E-state index in [0.29, 0.717) is 0 Å². The van der Waals surface area contributed by atoms with Crippen molar-refractivity contribution in [3.8, 4) is 43.1 Å². The van der Waals surface area contributed by atoms with E-state index in [0.717, 1.165) is 56.7 Å². The van der Waals surface area contributed by atoms with E-state index in [-0.39, 0.29) is 22.2 Å². The molecule has 2 saturated carbocycles. The predicted molar refractivity (Wildman–Crippen MR) is 205 cm³/mol. The smallest absolute Gasteiger partial charge is 0.263 e. The van der Waals surface area contributed by atoms with Crippen molar-refractivity contribution >= 4 is 68.6 Å². The van der Waals surface area contributed by atoms with Crippen molar-refractivity contribution in [2.45, 2.75) is 75.0 Å². The van der Waals surface area contributed by atoms with E-state index in [4.69, 9.17) is 22.6 Å². The Bertz CT molecular complexity index is 2120. The molecule has 10 heteroatoms. The van der Waals surface area contributed by atoms with E-state index < -0.39 is 0 Å². The second-order valence-corrected chi connectivity index (χ2v) is 17.6. The van der Waals surface area contributed by atoms with Gasteiger partial charge in [-0.25, -0.2) is 20.2 Å². The number of methoxy groups -OCH3 is 2. The lowest BCUT2D eigenvalue weighted by molar-refractivity contribution is 0.373. The van der Waals surface area contributed by atoms with Crippen LogP contribution >= 0.6 is 45.3 Å². The first kappa shape index (κ1) is 32.8. The lowest BCUT2D eigenvalue weighted by atomic mass is 9.67. The number of ether oxygens (including phenoxy) is 2. The van der Waals surface area contributed by atoms with Gasteiger partial charge in [-0.15, -0.1) is 45.3 Å². The maximum absolute atomic E-state index is 9.39. The van der Waals surface area contributed by atoms with E-state index in [1.807, 2.05) is 46.9 Å². The zero-order chi connectivity index (χ0) is 34.6. The van der Waals surface area contributed by atoms with Crippen LogP contribution in [-0.4, -0.2) is 14.2 Å². The second-order valence-electron chi connectivity index (χ2n) is 13.3. The highest BCUT2D eigenvalue weighted by Gasteiger charge is 2.58. The average Bonchev–Trinajstić information content (AvgIpc) is 3.99. The highest BCUT2D eigenvalue weighted by atomic mass is 32.1. The molecule has 2 fully saturated rings. The fraction of sp³-hybridized carbons (Fsp3) is 0.350. The van der Waals surface area contributed by atoms with E-state index in [1.54, 1.807) is 60.2 Å². The van der Waals surface area contributed by atoms with Gasteiger partial charge in [0, 0.05) is 40.1 Å². The molecule has 4 aromatic heterocycles. The summed E-state index contributed by atoms with van der Waals surface area (Å²) in [7, 11) is 3.39. The van der Waals surface area contributed by atoms with Gasteiger partial charge in [-0.1, -0.05) is 38.5 Å². The molecule has 4 heterocycles. The van der Waals surface area contributed by atoms with Crippen molar-refractivity contribution < 1.29 is 9.47 Å². The van der Waals surface area contributed by atoms with Crippen LogP contribution in [0.25, 0.3) is 52.5 Å². The molecule has 0 bridgehead atoms. The Balaban J connectivity index is 1.31. The fourth-order valence-electron chi connectivity index (χ4n) is 8.87. The molecule has 50 heavy (non-hydrogen) atoms. The molecule has 0 N–H and O–H groups in total. The summed E-state index contributed by atoms with van der Waals surface area (Å²) < 4.78 is 11.8. The number of hydrogen-bond acceptors (Lipinski definition) is 8. The van der Waals surface area contributed by atoms with Crippen molar-refractivity contribution in [2.75, 3.05) is 14.2 Å². The molecule has 0 amide bonds. The van der Waals surface area contributed by atoms with Gasteiger partial charge in [0.15, 0.2) is 0 Å². The molecule has 248 valence electrons. The molecule has 0 aliphatic heterocycles. The van der Waals surface area contributed by atoms with Crippen molar-refractivity contribution in [3.05, 3.63) is 89.1 Å². The molecule has 4 aromatic rings. The molecule has 2 spiro atoms. The molecule has 0 saturated heterocycles. The van der Waals surface area contributed by atoms with Gasteiger partial charge in [0.05, 0.1) is 49.3 Å². The number of rotatable bonds is 6. The van der Waals surface area contributed by atoms with Crippen LogP contribution in [0.2, 0.25) is 0 Å². The summed E-state index contributed by atoms with van der Waals surface area (Å²) in [5.41, 5.74) is 6.26. The van der Waals surface area contributed by atoms with E-state index in [1.165, 1.54) is 69.2 Å². The predicted octanol–water partition coefficient (Wildman–Crippen LogP) is 12.2. The first-order valence-corrected chi connectivity index (χ1v) is 20.1. The van der Waals surface area contributed by atoms with Crippen LogP contribution in [0.5, 0.6) is 11.5 Å². The first-order chi connectivity index (χ1) is 24.4. The zero-order valence-corrected chi connectivity index (χ0v) is 31.0. The number of allylic oxidation sites excluding steroid dienone is 4. The van der Waals surface area contributed by atoms with E-state index in [9.17, 15) is 10.5 Å². The van der Waals surface area contributed by atoms with Gasteiger partial charge in [0.2, 0.25) is 0 Å². The third-order valence-electron chi connectivity index (χ3n) is 10.9. The summed E-state index contributed by atoms with van der Waals surface area (Å²) in [5, 5.41) is 18.8. The van der Waals surface area contributed by atoms with E-state index in [2.05, 4.69) is 21.8 Å². The number of nitriles is 2. The Morgan fingerprint density at radius 1 is 0.640 bits per heavy atom. The molecular formula is C40H32N4O2S4. The van der Waals surface area contributed by atoms with Crippen LogP contribution in [-0.2, 0) is 10.8 Å². The minimum atomic E-state index is -0.0223. The Kier molecular flexibility index (Phi) is 8.34. The third kappa shape index (κ3) is 4.85. The topological polar surface area (TPSA) is 74.8 Å². The lowest BCUT2D eigenvalue weighted by Gasteiger charge is -2.37. The SMILES string of the molecule is [C-]#[N+]/C(C#N)=C\c1cc(OC)c(-c2cc3c(s2)C2=C(c4sc(-c5sc(/C=C(\C#N)[N+]#[C-])cc5OC)cc4C24CCCCC4)C32CCCCC2)s1. The summed E-state index contributed by atoms with van der Waals surface area (Å²) in [5.74, 6) is 1.57. The van der Waals surface area contributed by atoms with Crippen molar-refractivity contribution in [1.82, 2.24) is 0 Å². The average molecular weight is 729 g/mol. The minimum Gasteiger partial charge on any atom is -0.495 e. The van der Waals surface area contributed by atoms with Crippen LogP contribution in [0, 0.1) is 35.8 Å². The fourth-order valence-corrected chi connectivity index (χ4v) is 14.0. The van der Waals surface area contributed by atoms with Crippen molar-refractivity contribution in [3.63, 3.8) is 0 Å². The van der Waals surface area contributed by atoms with Crippen LogP contribution in [0.1, 0.15) is 94.8 Å². The summed E-state index contributed by atoms with van der Waals surface area (Å²) in [6.07, 6.45) is 15.3. The largest absolute Gasteiger partial charge is 0.495 e. The van der Waals surface area contributed by atoms with Crippen molar-refractivity contribution in [2.24, 2.45) is 0 Å². The van der Waals surface area contributed by atoms with Crippen LogP contribution in [0.4, 0.5) is 0 Å². The molecule has 0 atom stereocenters. The van der Waals surface area contributed by atoms with Gasteiger partial charge in [-0.3, -0.25) is 0 Å². The normalized spacial score (nSPS) is 18.6. The van der Waals surface area contributed by atoms with Crippen LogP contribution < -0.4 is 9.47 Å². The van der Waals surface area contributed by atoms with E-state index >= 15 is 0 Å². The van der Waals surface area contributed by atoms with Gasteiger partial charge in [0.25, 0.3) is 11.4 Å². The standard InChI is InChI=1S/C40H32N4O2S4/c1-43-23(21-41)15-25-17-29(45-3)37(47-25)31-19-27-35(49-31)33-34(39(27)11-7-5-8-12-39)36-28(40(33)13-9-6-10-14-40)20-32(50-36)38-30(46-4)18-26(48-38)16-24(22-42)44-2/h15-20H,5-14H2,3-4H3/b23-15-,24-16+. The molecule has 0 aromatic carbocycles. The Morgan fingerprint density at radius 2 is 1.04 bits per heavy atom. The minimum absolute atomic E-state index is 0.0223. The molecule has 0 unspecified atom stereocenters. The Hall–Kier alpha value is -4.42. The zero-order valence-electron chi connectivity index (χ0n) is 27.8. The van der Waals surface area contributed by atoms with Gasteiger partial charge >= 0.3 is 0 Å². The lowest BCUT2D eigenvalue weighted by Crippen LogP contribution is -2.28. The van der Waals surface area contributed by atoms with Crippen LogP contribution in [0.15, 0.2) is 35.7 Å². The van der Waals surface area contributed by atoms with Gasteiger partial charge in [-0.2, -0.15) is 0 Å². The Morgan fingerprint density at radius 3 is 1.38 bits per heavy atom. The monoisotopic (exact) mass is 728 g/mol. The third-order valence-corrected chi connectivity index (χ3v) is 15.7. The Labute approximate surface area is 308 Å². The number of fused-ring (bicyclic) bond motifs is 8. The molecular weight excluding hydrogens is 697 g/mol. The maximum Gasteiger partial charge on any atom is 0.263 e. The van der Waals surface area contributed by atoms with Gasteiger partial charge in [0.1, 0.15) is 11.5 Å². The highest BCUT2D eigenvalue weighted by Crippen LogP contribution is 2.72. The molecule has 4 aliphatic rings. The van der Waals surface area contributed by atoms with Gasteiger partial charge < -0.3 is 9.47 Å². The number of thiophene rings is 4. The summed E-state index contributed by atoms with van der Waals surface area (Å²) in [6, 6.07) is 12.8. The number of nitrogens with zero attached hydrogens (tertiary/aromatic N) is 4. The highest BCUT2D eigenvalue weighted by molar-refractivity contribution is 7.24. The molecule has 0 radical (unpaired) electrons. The van der Waals surface area contributed by atoms with Crippen LogP contribution in [0.3, 0.4) is 0 Å².